The maximum absolute atomic E-state index is 8.88. The van der Waals surface area contributed by atoms with Gasteiger partial charge in [0.15, 0.2) is 0 Å². The molecule has 0 unspecified atom stereocenters. The maximum atomic E-state index is 8.88. The van der Waals surface area contributed by atoms with Gasteiger partial charge in [-0.25, -0.2) is 0 Å². The Labute approximate surface area is 77.4 Å². The summed E-state index contributed by atoms with van der Waals surface area (Å²) < 4.78 is 0. The third-order valence-electron chi connectivity index (χ3n) is 2.45. The Bertz CT molecular complexity index is 315. The van der Waals surface area contributed by atoms with Crippen LogP contribution in [0.1, 0.15) is 11.6 Å². The van der Waals surface area contributed by atoms with Crippen molar-refractivity contribution < 1.29 is 0 Å². The second-order valence-electron chi connectivity index (χ2n) is 3.25. The summed E-state index contributed by atoms with van der Waals surface area (Å²) in [5, 5.41) is 12.1. The highest BCUT2D eigenvalue weighted by molar-refractivity contribution is 5.16. The van der Waals surface area contributed by atoms with Gasteiger partial charge < -0.3 is 5.32 Å². The zero-order valence-electron chi connectivity index (χ0n) is 7.27. The van der Waals surface area contributed by atoms with Gasteiger partial charge in [-0.1, -0.05) is 6.07 Å². The highest BCUT2D eigenvalue weighted by Crippen LogP contribution is 2.25. The summed E-state index contributed by atoms with van der Waals surface area (Å²) in [6, 6.07) is 8.16. The van der Waals surface area contributed by atoms with Crippen LogP contribution in [0.3, 0.4) is 0 Å². The van der Waals surface area contributed by atoms with Gasteiger partial charge in [0.1, 0.15) is 0 Å². The SMILES string of the molecule is N#C[C@H]1CNC[C@@H]1c1ccccn1. The summed E-state index contributed by atoms with van der Waals surface area (Å²) in [6.07, 6.45) is 1.78. The molecule has 0 bridgehead atoms. The number of nitrogens with zero attached hydrogens (tertiary/aromatic N) is 2. The van der Waals surface area contributed by atoms with Crippen molar-refractivity contribution in [2.75, 3.05) is 13.1 Å². The molecular weight excluding hydrogens is 162 g/mol. The van der Waals surface area contributed by atoms with Gasteiger partial charge in [0, 0.05) is 30.9 Å². The molecule has 0 aromatic carbocycles. The molecule has 1 aromatic heterocycles. The van der Waals surface area contributed by atoms with Crippen LogP contribution >= 0.6 is 0 Å². The highest BCUT2D eigenvalue weighted by Gasteiger charge is 2.28. The molecule has 66 valence electrons. The Morgan fingerprint density at radius 3 is 3.08 bits per heavy atom. The number of hydrogen-bond acceptors (Lipinski definition) is 3. The molecule has 1 aromatic rings. The normalized spacial score (nSPS) is 27.0. The molecule has 2 rings (SSSR count). The summed E-state index contributed by atoms with van der Waals surface area (Å²) in [4.78, 5) is 4.27. The van der Waals surface area contributed by atoms with Crippen molar-refractivity contribution in [2.45, 2.75) is 5.92 Å². The molecule has 1 saturated heterocycles. The maximum Gasteiger partial charge on any atom is 0.0683 e. The Balaban J connectivity index is 2.22. The number of pyridine rings is 1. The number of aromatic nitrogens is 1. The van der Waals surface area contributed by atoms with Gasteiger partial charge in [-0.15, -0.1) is 0 Å². The largest absolute Gasteiger partial charge is 0.315 e. The van der Waals surface area contributed by atoms with E-state index in [1.54, 1.807) is 6.20 Å². The summed E-state index contributed by atoms with van der Waals surface area (Å²) in [5.41, 5.74) is 1.03. The van der Waals surface area contributed by atoms with Crippen molar-refractivity contribution in [1.82, 2.24) is 10.3 Å². The first-order valence-corrected chi connectivity index (χ1v) is 4.43. The Morgan fingerprint density at radius 2 is 2.38 bits per heavy atom. The van der Waals surface area contributed by atoms with E-state index in [9.17, 15) is 0 Å². The van der Waals surface area contributed by atoms with Gasteiger partial charge >= 0.3 is 0 Å². The minimum atomic E-state index is 0.0786. The Morgan fingerprint density at radius 1 is 1.46 bits per heavy atom. The number of nitriles is 1. The summed E-state index contributed by atoms with van der Waals surface area (Å²) in [6.45, 7) is 1.66. The molecule has 1 N–H and O–H groups in total. The predicted octanol–water partition coefficient (Wildman–Crippen LogP) is 0.908. The molecule has 0 amide bonds. The van der Waals surface area contributed by atoms with E-state index in [0.717, 1.165) is 18.8 Å². The van der Waals surface area contributed by atoms with Gasteiger partial charge in [-0.2, -0.15) is 5.26 Å². The first-order chi connectivity index (χ1) is 6.42. The number of nitrogens with one attached hydrogen (secondary N) is 1. The molecule has 0 spiro atoms. The number of hydrogen-bond donors (Lipinski definition) is 1. The van der Waals surface area contributed by atoms with Crippen LogP contribution in [-0.2, 0) is 0 Å². The van der Waals surface area contributed by atoms with E-state index in [1.807, 2.05) is 18.2 Å². The van der Waals surface area contributed by atoms with Gasteiger partial charge in [0.05, 0.1) is 12.0 Å². The van der Waals surface area contributed by atoms with Crippen LogP contribution in [-0.4, -0.2) is 18.1 Å². The van der Waals surface area contributed by atoms with Crippen LogP contribution in [0, 0.1) is 17.2 Å². The molecule has 1 fully saturated rings. The quantitative estimate of drug-likeness (QED) is 0.686. The molecular formula is C10H11N3. The van der Waals surface area contributed by atoms with Crippen LogP contribution in [0.2, 0.25) is 0 Å². The average Bonchev–Trinajstić information content (AvgIpc) is 2.67. The fourth-order valence-corrected chi connectivity index (χ4v) is 1.72. The van der Waals surface area contributed by atoms with Crippen molar-refractivity contribution in [3.63, 3.8) is 0 Å². The minimum absolute atomic E-state index is 0.0786. The minimum Gasteiger partial charge on any atom is -0.315 e. The van der Waals surface area contributed by atoms with Crippen molar-refractivity contribution in [1.29, 1.82) is 5.26 Å². The zero-order valence-corrected chi connectivity index (χ0v) is 7.27. The number of rotatable bonds is 1. The molecule has 2 heterocycles. The van der Waals surface area contributed by atoms with Crippen molar-refractivity contribution >= 4 is 0 Å². The lowest BCUT2D eigenvalue weighted by Crippen LogP contribution is -2.09. The second-order valence-corrected chi connectivity index (χ2v) is 3.25. The second kappa shape index (κ2) is 3.55. The standard InChI is InChI=1S/C10H11N3/c11-5-8-6-12-7-9(8)10-3-1-2-4-13-10/h1-4,8-9,12H,6-7H2/t8-,9-/m0/s1. The van der Waals surface area contributed by atoms with Gasteiger partial charge in [-0.05, 0) is 12.1 Å². The molecule has 0 saturated carbocycles. The zero-order chi connectivity index (χ0) is 9.10. The van der Waals surface area contributed by atoms with Crippen LogP contribution in [0.5, 0.6) is 0 Å². The fraction of sp³-hybridized carbons (Fsp3) is 0.400. The fourth-order valence-electron chi connectivity index (χ4n) is 1.72. The molecule has 13 heavy (non-hydrogen) atoms. The lowest BCUT2D eigenvalue weighted by Gasteiger charge is -2.10. The predicted molar refractivity (Wildman–Crippen MR) is 49.0 cm³/mol. The van der Waals surface area contributed by atoms with Crippen molar-refractivity contribution in [2.24, 2.45) is 5.92 Å². The summed E-state index contributed by atoms with van der Waals surface area (Å²) in [7, 11) is 0. The van der Waals surface area contributed by atoms with Crippen LogP contribution in [0.15, 0.2) is 24.4 Å². The molecule has 3 nitrogen and oxygen atoms in total. The molecule has 1 aliphatic heterocycles. The Kier molecular flexibility index (Phi) is 2.24. The van der Waals surface area contributed by atoms with E-state index in [0.29, 0.717) is 0 Å². The third-order valence-corrected chi connectivity index (χ3v) is 2.45. The van der Waals surface area contributed by atoms with Crippen molar-refractivity contribution in [3.8, 4) is 6.07 Å². The van der Waals surface area contributed by atoms with Crippen LogP contribution in [0.4, 0.5) is 0 Å². The first-order valence-electron chi connectivity index (χ1n) is 4.43. The first kappa shape index (κ1) is 8.21. The summed E-state index contributed by atoms with van der Waals surface area (Å²) in [5.74, 6) is 0.348. The van der Waals surface area contributed by atoms with Gasteiger partial charge in [0.2, 0.25) is 0 Å². The lowest BCUT2D eigenvalue weighted by molar-refractivity contribution is 0.629. The molecule has 0 radical (unpaired) electrons. The molecule has 2 atom stereocenters. The lowest BCUT2D eigenvalue weighted by atomic mass is 9.94. The van der Waals surface area contributed by atoms with Crippen molar-refractivity contribution in [3.05, 3.63) is 30.1 Å². The molecule has 3 heteroatoms. The van der Waals surface area contributed by atoms with E-state index in [2.05, 4.69) is 16.4 Å². The third kappa shape index (κ3) is 1.53. The molecule has 0 aliphatic carbocycles. The summed E-state index contributed by atoms with van der Waals surface area (Å²) >= 11 is 0. The van der Waals surface area contributed by atoms with E-state index >= 15 is 0 Å². The topological polar surface area (TPSA) is 48.7 Å². The monoisotopic (exact) mass is 173 g/mol. The van der Waals surface area contributed by atoms with E-state index in [4.69, 9.17) is 5.26 Å². The van der Waals surface area contributed by atoms with Gasteiger partial charge in [-0.3, -0.25) is 4.98 Å². The van der Waals surface area contributed by atoms with Crippen LogP contribution in [0.25, 0.3) is 0 Å². The smallest absolute Gasteiger partial charge is 0.0683 e. The van der Waals surface area contributed by atoms with E-state index in [1.165, 1.54) is 0 Å². The molecule has 1 aliphatic rings. The van der Waals surface area contributed by atoms with E-state index in [-0.39, 0.29) is 11.8 Å². The van der Waals surface area contributed by atoms with E-state index < -0.39 is 0 Å². The average molecular weight is 173 g/mol. The van der Waals surface area contributed by atoms with Gasteiger partial charge in [0.25, 0.3) is 0 Å². The Hall–Kier alpha value is -1.40. The van der Waals surface area contributed by atoms with Crippen LogP contribution < -0.4 is 5.32 Å². The highest BCUT2D eigenvalue weighted by atomic mass is 14.9.